The highest BCUT2D eigenvalue weighted by molar-refractivity contribution is 7.05. The van der Waals surface area contributed by atoms with Crippen LogP contribution < -0.4 is 10.6 Å². The number of rotatable bonds is 4. The molecule has 8 heteroatoms. The number of aromatic nitrogens is 2. The third-order valence-corrected chi connectivity index (χ3v) is 2.73. The fraction of sp³-hybridized carbons (Fsp3) is 0.556. The fourth-order valence-corrected chi connectivity index (χ4v) is 1.57. The van der Waals surface area contributed by atoms with E-state index in [1.807, 2.05) is 0 Å². The van der Waals surface area contributed by atoms with E-state index in [-0.39, 0.29) is 5.92 Å². The summed E-state index contributed by atoms with van der Waals surface area (Å²) in [5.74, 6) is -0.920. The fourth-order valence-electron chi connectivity index (χ4n) is 1.15. The standard InChI is InChI=1S/C9H14N4O3S/c1-4(2)6(8(14)15)10-9(16)11-7-5(3)17-13-12-7/h4,6H,1-3H3,(H,14,15)(H2,10,11,16). The van der Waals surface area contributed by atoms with Gasteiger partial charge in [0.25, 0.3) is 0 Å². The molecule has 0 bridgehead atoms. The molecule has 0 saturated carbocycles. The zero-order valence-corrected chi connectivity index (χ0v) is 10.5. The van der Waals surface area contributed by atoms with Crippen LogP contribution in [-0.2, 0) is 4.79 Å². The highest BCUT2D eigenvalue weighted by atomic mass is 32.1. The number of carboxylic acids is 1. The van der Waals surface area contributed by atoms with Crippen LogP contribution in [0.15, 0.2) is 0 Å². The van der Waals surface area contributed by atoms with Crippen molar-refractivity contribution in [2.75, 3.05) is 5.32 Å². The second kappa shape index (κ2) is 5.58. The predicted octanol–water partition coefficient (Wildman–Crippen LogP) is 1.08. The number of carbonyl (C=O) groups is 2. The number of aryl methyl sites for hydroxylation is 1. The number of hydrogen-bond donors (Lipinski definition) is 3. The van der Waals surface area contributed by atoms with E-state index in [2.05, 4.69) is 20.2 Å². The van der Waals surface area contributed by atoms with Crippen LogP contribution in [0.3, 0.4) is 0 Å². The zero-order chi connectivity index (χ0) is 13.0. The number of nitrogens with zero attached hydrogens (tertiary/aromatic N) is 2. The van der Waals surface area contributed by atoms with E-state index in [0.717, 1.165) is 16.4 Å². The quantitative estimate of drug-likeness (QED) is 0.749. The molecule has 0 aliphatic rings. The molecule has 0 saturated heterocycles. The highest BCUT2D eigenvalue weighted by Crippen LogP contribution is 2.13. The summed E-state index contributed by atoms with van der Waals surface area (Å²) in [5.41, 5.74) is 0. The molecule has 0 fully saturated rings. The van der Waals surface area contributed by atoms with E-state index in [1.165, 1.54) is 0 Å². The summed E-state index contributed by atoms with van der Waals surface area (Å²) in [6, 6.07) is -1.52. The number of carboxylic acid groups (broad SMARTS) is 1. The normalized spacial score (nSPS) is 12.2. The van der Waals surface area contributed by atoms with Gasteiger partial charge in [-0.25, -0.2) is 9.59 Å². The average molecular weight is 258 g/mol. The number of carbonyl (C=O) groups excluding carboxylic acids is 1. The Morgan fingerprint density at radius 2 is 2.06 bits per heavy atom. The molecule has 0 aromatic carbocycles. The Morgan fingerprint density at radius 1 is 1.41 bits per heavy atom. The summed E-state index contributed by atoms with van der Waals surface area (Å²) in [5, 5.41) is 17.4. The Morgan fingerprint density at radius 3 is 2.47 bits per heavy atom. The van der Waals surface area contributed by atoms with Crippen molar-refractivity contribution in [2.45, 2.75) is 26.8 Å². The molecule has 94 valence electrons. The van der Waals surface area contributed by atoms with Crippen LogP contribution >= 0.6 is 11.5 Å². The van der Waals surface area contributed by atoms with E-state index < -0.39 is 18.0 Å². The first-order valence-electron chi connectivity index (χ1n) is 5.01. The van der Waals surface area contributed by atoms with Crippen LogP contribution in [0.4, 0.5) is 10.6 Å². The topological polar surface area (TPSA) is 104 Å². The summed E-state index contributed by atoms with van der Waals surface area (Å²) in [6.45, 7) is 5.20. The molecule has 1 heterocycles. The molecule has 2 amide bonds. The smallest absolute Gasteiger partial charge is 0.326 e. The second-order valence-corrected chi connectivity index (χ2v) is 4.79. The number of nitrogens with one attached hydrogen (secondary N) is 2. The van der Waals surface area contributed by atoms with Gasteiger partial charge in [0, 0.05) is 0 Å². The van der Waals surface area contributed by atoms with Crippen molar-refractivity contribution in [1.82, 2.24) is 14.9 Å². The monoisotopic (exact) mass is 258 g/mol. The Balaban J connectivity index is 2.60. The van der Waals surface area contributed by atoms with Crippen molar-refractivity contribution in [1.29, 1.82) is 0 Å². The predicted molar refractivity (Wildman–Crippen MR) is 63.1 cm³/mol. The maximum Gasteiger partial charge on any atom is 0.326 e. The first-order chi connectivity index (χ1) is 7.91. The minimum absolute atomic E-state index is 0.201. The molecule has 1 atom stereocenters. The van der Waals surface area contributed by atoms with Crippen molar-refractivity contribution < 1.29 is 14.7 Å². The molecule has 7 nitrogen and oxygen atoms in total. The van der Waals surface area contributed by atoms with Gasteiger partial charge in [-0.05, 0) is 24.4 Å². The Hall–Kier alpha value is -1.70. The minimum atomic E-state index is -1.07. The van der Waals surface area contributed by atoms with E-state index >= 15 is 0 Å². The number of anilines is 1. The van der Waals surface area contributed by atoms with Crippen molar-refractivity contribution >= 4 is 29.4 Å². The van der Waals surface area contributed by atoms with Crippen LogP contribution in [0.2, 0.25) is 0 Å². The number of amides is 2. The molecular weight excluding hydrogens is 244 g/mol. The van der Waals surface area contributed by atoms with E-state index in [0.29, 0.717) is 5.82 Å². The van der Waals surface area contributed by atoms with Crippen LogP contribution in [0, 0.1) is 12.8 Å². The average Bonchev–Trinajstić information content (AvgIpc) is 2.60. The Bertz CT molecular complexity index is 418. The van der Waals surface area contributed by atoms with Gasteiger partial charge >= 0.3 is 12.0 Å². The van der Waals surface area contributed by atoms with Gasteiger partial charge in [0.2, 0.25) is 0 Å². The van der Waals surface area contributed by atoms with Crippen molar-refractivity contribution in [3.05, 3.63) is 4.88 Å². The van der Waals surface area contributed by atoms with E-state index in [4.69, 9.17) is 5.11 Å². The summed E-state index contributed by atoms with van der Waals surface area (Å²) in [7, 11) is 0. The van der Waals surface area contributed by atoms with Gasteiger partial charge in [0.05, 0.1) is 4.88 Å². The number of aliphatic carboxylic acids is 1. The SMILES string of the molecule is Cc1snnc1NC(=O)NC(C(=O)O)C(C)C. The molecule has 0 aliphatic heterocycles. The molecule has 1 aromatic rings. The van der Waals surface area contributed by atoms with Gasteiger partial charge in [-0.1, -0.05) is 18.3 Å². The lowest BCUT2D eigenvalue weighted by Crippen LogP contribution is -2.46. The summed E-state index contributed by atoms with van der Waals surface area (Å²) >= 11 is 1.16. The molecule has 3 N–H and O–H groups in total. The maximum absolute atomic E-state index is 11.5. The van der Waals surface area contributed by atoms with Crippen molar-refractivity contribution in [3.63, 3.8) is 0 Å². The lowest BCUT2D eigenvalue weighted by Gasteiger charge is -2.17. The first kappa shape index (κ1) is 13.4. The molecule has 0 spiro atoms. The summed E-state index contributed by atoms with van der Waals surface area (Å²) in [4.78, 5) is 23.2. The summed E-state index contributed by atoms with van der Waals surface area (Å²) < 4.78 is 3.66. The van der Waals surface area contributed by atoms with E-state index in [1.54, 1.807) is 20.8 Å². The second-order valence-electron chi connectivity index (χ2n) is 3.84. The van der Waals surface area contributed by atoms with Crippen LogP contribution in [-0.4, -0.2) is 32.7 Å². The maximum atomic E-state index is 11.5. The summed E-state index contributed by atoms with van der Waals surface area (Å²) in [6.07, 6.45) is 0. The molecule has 1 rings (SSSR count). The van der Waals surface area contributed by atoms with E-state index in [9.17, 15) is 9.59 Å². The molecule has 0 radical (unpaired) electrons. The van der Waals surface area contributed by atoms with Crippen LogP contribution in [0.5, 0.6) is 0 Å². The van der Waals surface area contributed by atoms with Crippen LogP contribution in [0.1, 0.15) is 18.7 Å². The first-order valence-corrected chi connectivity index (χ1v) is 5.78. The van der Waals surface area contributed by atoms with Crippen LogP contribution in [0.25, 0.3) is 0 Å². The molecule has 17 heavy (non-hydrogen) atoms. The van der Waals surface area contributed by atoms with Crippen molar-refractivity contribution in [2.24, 2.45) is 5.92 Å². The Kier molecular flexibility index (Phi) is 4.38. The van der Waals surface area contributed by atoms with Gasteiger partial charge in [-0.3, -0.25) is 5.32 Å². The number of hydrogen-bond acceptors (Lipinski definition) is 5. The third-order valence-electron chi connectivity index (χ3n) is 2.10. The van der Waals surface area contributed by atoms with Gasteiger partial charge in [0.1, 0.15) is 6.04 Å². The third kappa shape index (κ3) is 3.66. The zero-order valence-electron chi connectivity index (χ0n) is 9.72. The van der Waals surface area contributed by atoms with Gasteiger partial charge in [0.15, 0.2) is 5.82 Å². The highest BCUT2D eigenvalue weighted by Gasteiger charge is 2.23. The Labute approximate surface area is 102 Å². The van der Waals surface area contributed by atoms with Gasteiger partial charge < -0.3 is 10.4 Å². The molecule has 1 aromatic heterocycles. The number of urea groups is 1. The minimum Gasteiger partial charge on any atom is -0.480 e. The lowest BCUT2D eigenvalue weighted by atomic mass is 10.1. The van der Waals surface area contributed by atoms with Crippen molar-refractivity contribution in [3.8, 4) is 0 Å². The largest absolute Gasteiger partial charge is 0.480 e. The molecule has 1 unspecified atom stereocenters. The lowest BCUT2D eigenvalue weighted by molar-refractivity contribution is -0.140. The molecular formula is C9H14N4O3S. The molecule has 0 aliphatic carbocycles. The van der Waals surface area contributed by atoms with Gasteiger partial charge in [-0.15, -0.1) is 5.10 Å². The van der Waals surface area contributed by atoms with Gasteiger partial charge in [-0.2, -0.15) is 0 Å².